The van der Waals surface area contributed by atoms with E-state index in [2.05, 4.69) is 10.1 Å². The molecule has 1 aliphatic rings. The highest BCUT2D eigenvalue weighted by molar-refractivity contribution is 5.82. The first kappa shape index (κ1) is 9.24. The maximum Gasteiger partial charge on any atom is 0.174 e. The van der Waals surface area contributed by atoms with Crippen molar-refractivity contribution in [2.45, 2.75) is 26.2 Å². The Morgan fingerprint density at radius 3 is 2.71 bits per heavy atom. The van der Waals surface area contributed by atoms with Gasteiger partial charge in [0, 0.05) is 13.1 Å². The van der Waals surface area contributed by atoms with Crippen LogP contribution in [0.5, 0.6) is 0 Å². The van der Waals surface area contributed by atoms with Crippen molar-refractivity contribution in [2.75, 3.05) is 18.0 Å². The zero-order chi connectivity index (χ0) is 9.97. The quantitative estimate of drug-likeness (QED) is 0.673. The number of rotatable bonds is 2. The van der Waals surface area contributed by atoms with Crippen LogP contribution in [-0.2, 0) is 0 Å². The molecule has 0 spiro atoms. The second-order valence-electron chi connectivity index (χ2n) is 3.64. The summed E-state index contributed by atoms with van der Waals surface area (Å²) in [6, 6.07) is 0. The fraction of sp³-hybridized carbons (Fsp3) is 0.600. The van der Waals surface area contributed by atoms with E-state index in [0.29, 0.717) is 5.69 Å². The number of carbonyl (C=O) groups excluding carboxylic acids is 1. The highest BCUT2D eigenvalue weighted by Gasteiger charge is 2.20. The lowest BCUT2D eigenvalue weighted by Crippen LogP contribution is -2.30. The molecule has 2 heterocycles. The SMILES string of the molecule is Cc1onc(C=O)c1N1CCCCC1. The summed E-state index contributed by atoms with van der Waals surface area (Å²) in [7, 11) is 0. The first-order valence-corrected chi connectivity index (χ1v) is 4.99. The summed E-state index contributed by atoms with van der Waals surface area (Å²) in [6.45, 7) is 3.86. The smallest absolute Gasteiger partial charge is 0.174 e. The molecule has 0 radical (unpaired) electrons. The first-order chi connectivity index (χ1) is 6.83. The molecule has 0 unspecified atom stereocenters. The molecule has 0 aromatic carbocycles. The van der Waals surface area contributed by atoms with Crippen LogP contribution < -0.4 is 4.90 Å². The summed E-state index contributed by atoms with van der Waals surface area (Å²) in [6.07, 6.45) is 4.41. The zero-order valence-corrected chi connectivity index (χ0v) is 8.32. The molecule has 76 valence electrons. The molecule has 1 aromatic rings. The predicted molar refractivity (Wildman–Crippen MR) is 52.7 cm³/mol. The zero-order valence-electron chi connectivity index (χ0n) is 8.32. The van der Waals surface area contributed by atoms with E-state index in [1.54, 1.807) is 0 Å². The molecule has 4 heteroatoms. The summed E-state index contributed by atoms with van der Waals surface area (Å²) in [5, 5.41) is 3.72. The average molecular weight is 194 g/mol. The lowest BCUT2D eigenvalue weighted by atomic mass is 10.1. The minimum atomic E-state index is 0.435. The minimum absolute atomic E-state index is 0.435. The molecular formula is C10H14N2O2. The highest BCUT2D eigenvalue weighted by atomic mass is 16.5. The Hall–Kier alpha value is -1.32. The third kappa shape index (κ3) is 1.52. The summed E-state index contributed by atoms with van der Waals surface area (Å²) in [5.41, 5.74) is 1.32. The summed E-state index contributed by atoms with van der Waals surface area (Å²) in [4.78, 5) is 12.9. The van der Waals surface area contributed by atoms with E-state index in [-0.39, 0.29) is 0 Å². The Morgan fingerprint density at radius 1 is 1.36 bits per heavy atom. The number of aryl methyl sites for hydroxylation is 1. The largest absolute Gasteiger partial charge is 0.367 e. The molecular weight excluding hydrogens is 180 g/mol. The van der Waals surface area contributed by atoms with E-state index in [1.807, 2.05) is 6.92 Å². The van der Waals surface area contributed by atoms with Crippen molar-refractivity contribution < 1.29 is 9.32 Å². The van der Waals surface area contributed by atoms with E-state index < -0.39 is 0 Å². The van der Waals surface area contributed by atoms with Crippen LogP contribution in [0, 0.1) is 6.92 Å². The lowest BCUT2D eigenvalue weighted by Gasteiger charge is -2.27. The van der Waals surface area contributed by atoms with Crippen LogP contribution in [0.25, 0.3) is 0 Å². The molecule has 0 atom stereocenters. The van der Waals surface area contributed by atoms with Crippen LogP contribution >= 0.6 is 0 Å². The molecule has 2 rings (SSSR count). The van der Waals surface area contributed by atoms with Gasteiger partial charge in [0.25, 0.3) is 0 Å². The van der Waals surface area contributed by atoms with Crippen molar-refractivity contribution >= 4 is 12.0 Å². The van der Waals surface area contributed by atoms with Gasteiger partial charge in [-0.1, -0.05) is 5.16 Å². The van der Waals surface area contributed by atoms with Gasteiger partial charge in [-0.2, -0.15) is 0 Å². The molecule has 4 nitrogen and oxygen atoms in total. The van der Waals surface area contributed by atoms with Crippen molar-refractivity contribution in [2.24, 2.45) is 0 Å². The Kier molecular flexibility index (Phi) is 2.52. The van der Waals surface area contributed by atoms with Crippen molar-refractivity contribution in [3.8, 4) is 0 Å². The maximum absolute atomic E-state index is 10.7. The van der Waals surface area contributed by atoms with Crippen LogP contribution in [0.1, 0.15) is 35.5 Å². The summed E-state index contributed by atoms with van der Waals surface area (Å²) >= 11 is 0. The Morgan fingerprint density at radius 2 is 2.07 bits per heavy atom. The van der Waals surface area contributed by atoms with Gasteiger partial charge >= 0.3 is 0 Å². The Bertz CT molecular complexity index is 327. The second-order valence-corrected chi connectivity index (χ2v) is 3.64. The van der Waals surface area contributed by atoms with Crippen LogP contribution in [-0.4, -0.2) is 24.5 Å². The standard InChI is InChI=1S/C10H14N2O2/c1-8-10(9(7-13)11-14-8)12-5-3-2-4-6-12/h7H,2-6H2,1H3. The number of nitrogens with zero attached hydrogens (tertiary/aromatic N) is 2. The van der Waals surface area contributed by atoms with E-state index in [4.69, 9.17) is 4.52 Å². The number of hydrogen-bond donors (Lipinski definition) is 0. The van der Waals surface area contributed by atoms with Crippen molar-refractivity contribution in [3.05, 3.63) is 11.5 Å². The van der Waals surface area contributed by atoms with Gasteiger partial charge in [0.05, 0.1) is 0 Å². The first-order valence-electron chi connectivity index (χ1n) is 4.99. The van der Waals surface area contributed by atoms with Crippen LogP contribution in [0.4, 0.5) is 5.69 Å². The number of aromatic nitrogens is 1. The molecule has 0 aliphatic carbocycles. The number of carbonyl (C=O) groups is 1. The molecule has 14 heavy (non-hydrogen) atoms. The number of anilines is 1. The minimum Gasteiger partial charge on any atom is -0.367 e. The molecule has 0 N–H and O–H groups in total. The second kappa shape index (κ2) is 3.82. The molecule has 1 fully saturated rings. The molecule has 0 saturated carbocycles. The number of aldehydes is 1. The van der Waals surface area contributed by atoms with Gasteiger partial charge in [-0.25, -0.2) is 0 Å². The summed E-state index contributed by atoms with van der Waals surface area (Å²) < 4.78 is 5.02. The normalized spacial score (nSPS) is 17.1. The van der Waals surface area contributed by atoms with E-state index in [9.17, 15) is 4.79 Å². The average Bonchev–Trinajstić information content (AvgIpc) is 2.61. The fourth-order valence-electron chi connectivity index (χ4n) is 1.96. The van der Waals surface area contributed by atoms with Crippen molar-refractivity contribution in [1.29, 1.82) is 0 Å². The van der Waals surface area contributed by atoms with E-state index >= 15 is 0 Å². The van der Waals surface area contributed by atoms with Crippen molar-refractivity contribution in [3.63, 3.8) is 0 Å². The molecule has 0 bridgehead atoms. The molecule has 1 aromatic heterocycles. The van der Waals surface area contributed by atoms with Crippen LogP contribution in [0.15, 0.2) is 4.52 Å². The highest BCUT2D eigenvalue weighted by Crippen LogP contribution is 2.26. The van der Waals surface area contributed by atoms with Gasteiger partial charge < -0.3 is 9.42 Å². The van der Waals surface area contributed by atoms with Gasteiger partial charge in [0.15, 0.2) is 17.7 Å². The van der Waals surface area contributed by atoms with E-state index in [1.165, 1.54) is 19.3 Å². The summed E-state index contributed by atoms with van der Waals surface area (Å²) in [5.74, 6) is 0.744. The van der Waals surface area contributed by atoms with Gasteiger partial charge in [0.2, 0.25) is 0 Å². The Balaban J connectivity index is 2.28. The van der Waals surface area contributed by atoms with Crippen LogP contribution in [0.2, 0.25) is 0 Å². The van der Waals surface area contributed by atoms with Gasteiger partial charge in [-0.05, 0) is 26.2 Å². The third-order valence-corrected chi connectivity index (χ3v) is 2.64. The van der Waals surface area contributed by atoms with Gasteiger partial charge in [0.1, 0.15) is 5.69 Å². The van der Waals surface area contributed by atoms with Gasteiger partial charge in [-0.15, -0.1) is 0 Å². The number of piperidine rings is 1. The van der Waals surface area contributed by atoms with Crippen molar-refractivity contribution in [1.82, 2.24) is 5.16 Å². The molecule has 0 amide bonds. The maximum atomic E-state index is 10.7. The number of hydrogen-bond acceptors (Lipinski definition) is 4. The predicted octanol–water partition coefficient (Wildman–Crippen LogP) is 1.79. The third-order valence-electron chi connectivity index (χ3n) is 2.64. The van der Waals surface area contributed by atoms with E-state index in [0.717, 1.165) is 30.8 Å². The monoisotopic (exact) mass is 194 g/mol. The molecule has 1 aliphatic heterocycles. The van der Waals surface area contributed by atoms with Crippen LogP contribution in [0.3, 0.4) is 0 Å². The Labute approximate surface area is 82.9 Å². The topological polar surface area (TPSA) is 46.3 Å². The van der Waals surface area contributed by atoms with Gasteiger partial charge in [-0.3, -0.25) is 4.79 Å². The molecule has 1 saturated heterocycles. The fourth-order valence-corrected chi connectivity index (χ4v) is 1.96. The lowest BCUT2D eigenvalue weighted by molar-refractivity contribution is 0.111.